The van der Waals surface area contributed by atoms with Gasteiger partial charge in [-0.15, -0.1) is 18.3 Å². The second kappa shape index (κ2) is 12.7. The SMILES string of the molecule is Cc1ccc(C(C)C)c(N2C(=O)CSC2=NC(=O)Nc2ccc(C=Cc3ncn(-c4ccc(OC(F)(F)F)cn4)n3)cn2)c1. The molecule has 1 aliphatic rings. The van der Waals surface area contributed by atoms with E-state index >= 15 is 0 Å². The van der Waals surface area contributed by atoms with Gasteiger partial charge in [-0.2, -0.15) is 4.99 Å². The van der Waals surface area contributed by atoms with Crippen molar-refractivity contribution in [3.63, 3.8) is 0 Å². The molecule has 3 amide bonds. The molecule has 0 spiro atoms. The summed E-state index contributed by atoms with van der Waals surface area (Å²) in [6.07, 6.45) is 2.33. The van der Waals surface area contributed by atoms with Crippen molar-refractivity contribution >= 4 is 52.5 Å². The van der Waals surface area contributed by atoms with E-state index in [4.69, 9.17) is 0 Å². The summed E-state index contributed by atoms with van der Waals surface area (Å²) in [4.78, 5) is 43.5. The number of aliphatic imine (C=N–C) groups is 1. The van der Waals surface area contributed by atoms with E-state index in [0.717, 1.165) is 29.1 Å². The lowest BCUT2D eigenvalue weighted by Crippen LogP contribution is -2.31. The lowest BCUT2D eigenvalue weighted by Gasteiger charge is -2.22. The lowest BCUT2D eigenvalue weighted by molar-refractivity contribution is -0.274. The number of benzene rings is 1. The molecule has 1 aliphatic heterocycles. The van der Waals surface area contributed by atoms with Gasteiger partial charge in [0.1, 0.15) is 17.9 Å². The molecule has 0 unspecified atom stereocenters. The van der Waals surface area contributed by atoms with Crippen LogP contribution >= 0.6 is 11.8 Å². The number of urea groups is 1. The standard InChI is InChI=1S/C29H25F3N8O3S/c1-17(2)21-8-4-18(3)12-22(21)40-26(41)15-44-28(40)37-27(42)36-23-9-5-19(13-33-23)6-10-24-35-16-39(38-24)25-11-7-20(14-34-25)43-29(30,31)32/h4-14,16-17H,15H2,1-3H3,(H,33,36,42). The number of anilines is 2. The molecular formula is C29H25F3N8O3S. The molecule has 3 aromatic heterocycles. The number of alkyl halides is 3. The average Bonchev–Trinajstić information content (AvgIpc) is 3.58. The number of thioether (sulfide) groups is 1. The number of aryl methyl sites for hydroxylation is 1. The molecule has 1 fully saturated rings. The second-order valence-electron chi connectivity index (χ2n) is 9.82. The maximum Gasteiger partial charge on any atom is 0.573 e. The molecule has 1 N–H and O–H groups in total. The van der Waals surface area contributed by atoms with Gasteiger partial charge in [0.25, 0.3) is 0 Å². The molecule has 0 bridgehead atoms. The number of carbonyl (C=O) groups excluding carboxylic acids is 2. The number of amidine groups is 1. The minimum absolute atomic E-state index is 0.146. The maximum absolute atomic E-state index is 12.8. The maximum atomic E-state index is 12.8. The van der Waals surface area contributed by atoms with Gasteiger partial charge in [-0.05, 0) is 72.0 Å². The first-order valence-corrected chi connectivity index (χ1v) is 14.2. The molecular weight excluding hydrogens is 597 g/mol. The summed E-state index contributed by atoms with van der Waals surface area (Å²) in [6, 6.07) is 11.0. The average molecular weight is 623 g/mol. The van der Waals surface area contributed by atoms with Crippen LogP contribution in [0, 0.1) is 6.92 Å². The van der Waals surface area contributed by atoms with Gasteiger partial charge in [0, 0.05) is 6.20 Å². The van der Waals surface area contributed by atoms with E-state index in [1.807, 2.05) is 39.0 Å². The van der Waals surface area contributed by atoms with Gasteiger partial charge >= 0.3 is 12.4 Å². The smallest absolute Gasteiger partial charge is 0.404 e. The van der Waals surface area contributed by atoms with Crippen LogP contribution in [0.1, 0.15) is 42.3 Å². The van der Waals surface area contributed by atoms with Crippen LogP contribution in [0.2, 0.25) is 0 Å². The molecule has 44 heavy (non-hydrogen) atoms. The van der Waals surface area contributed by atoms with Crippen molar-refractivity contribution in [2.75, 3.05) is 16.0 Å². The van der Waals surface area contributed by atoms with Crippen molar-refractivity contribution in [1.29, 1.82) is 0 Å². The van der Waals surface area contributed by atoms with Gasteiger partial charge in [-0.1, -0.05) is 37.7 Å². The summed E-state index contributed by atoms with van der Waals surface area (Å²) in [6.45, 7) is 6.03. The number of pyridine rings is 2. The predicted octanol–water partition coefficient (Wildman–Crippen LogP) is 6.23. The highest BCUT2D eigenvalue weighted by Crippen LogP contribution is 2.34. The number of hydrogen-bond donors (Lipinski definition) is 1. The molecule has 0 aliphatic carbocycles. The van der Waals surface area contributed by atoms with Gasteiger partial charge in [0.2, 0.25) is 5.91 Å². The Morgan fingerprint density at radius 3 is 2.59 bits per heavy atom. The van der Waals surface area contributed by atoms with Crippen LogP contribution in [0.15, 0.2) is 66.2 Å². The van der Waals surface area contributed by atoms with E-state index in [9.17, 15) is 22.8 Å². The number of carbonyl (C=O) groups is 2. The van der Waals surface area contributed by atoms with Crippen LogP contribution in [0.4, 0.5) is 29.5 Å². The fraction of sp³-hybridized carbons (Fsp3) is 0.207. The van der Waals surface area contributed by atoms with E-state index in [1.54, 1.807) is 24.3 Å². The Balaban J connectivity index is 1.22. The Bertz CT molecular complexity index is 1740. The van der Waals surface area contributed by atoms with E-state index in [1.165, 1.54) is 39.9 Å². The Hall–Kier alpha value is -5.05. The van der Waals surface area contributed by atoms with Crippen molar-refractivity contribution in [1.82, 2.24) is 24.7 Å². The van der Waals surface area contributed by atoms with Crippen molar-refractivity contribution in [2.24, 2.45) is 4.99 Å². The third-order valence-electron chi connectivity index (χ3n) is 6.16. The summed E-state index contributed by atoms with van der Waals surface area (Å²) >= 11 is 1.20. The largest absolute Gasteiger partial charge is 0.573 e. The van der Waals surface area contributed by atoms with Crippen LogP contribution in [0.25, 0.3) is 18.0 Å². The molecule has 4 heterocycles. The molecule has 1 aromatic carbocycles. The Morgan fingerprint density at radius 1 is 1.09 bits per heavy atom. The summed E-state index contributed by atoms with van der Waals surface area (Å²) < 4.78 is 42.1. The molecule has 0 atom stereocenters. The molecule has 1 saturated heterocycles. The monoisotopic (exact) mass is 622 g/mol. The van der Waals surface area contributed by atoms with Gasteiger partial charge in [0.15, 0.2) is 16.8 Å². The molecule has 4 aromatic rings. The molecule has 11 nitrogen and oxygen atoms in total. The first-order valence-electron chi connectivity index (χ1n) is 13.2. The van der Waals surface area contributed by atoms with E-state index in [2.05, 4.69) is 35.1 Å². The third-order valence-corrected chi connectivity index (χ3v) is 7.08. The quantitative estimate of drug-likeness (QED) is 0.257. The third kappa shape index (κ3) is 7.47. The topological polar surface area (TPSA) is 127 Å². The second-order valence-corrected chi connectivity index (χ2v) is 10.8. The van der Waals surface area contributed by atoms with Crippen molar-refractivity contribution in [3.8, 4) is 11.6 Å². The molecule has 15 heteroatoms. The summed E-state index contributed by atoms with van der Waals surface area (Å²) in [5, 5.41) is 7.15. The number of halogens is 3. The van der Waals surface area contributed by atoms with Crippen LogP contribution in [-0.2, 0) is 4.79 Å². The van der Waals surface area contributed by atoms with Crippen LogP contribution in [0.3, 0.4) is 0 Å². The fourth-order valence-corrected chi connectivity index (χ4v) is 5.01. The zero-order valence-electron chi connectivity index (χ0n) is 23.6. The first-order chi connectivity index (χ1) is 20.9. The van der Waals surface area contributed by atoms with E-state index < -0.39 is 18.1 Å². The Kier molecular flexibility index (Phi) is 8.76. The number of rotatable bonds is 7. The predicted molar refractivity (Wildman–Crippen MR) is 161 cm³/mol. The number of nitrogens with zero attached hydrogens (tertiary/aromatic N) is 7. The van der Waals surface area contributed by atoms with Crippen LogP contribution < -0.4 is 15.0 Å². The Morgan fingerprint density at radius 2 is 1.91 bits per heavy atom. The minimum atomic E-state index is -4.81. The van der Waals surface area contributed by atoms with E-state index in [0.29, 0.717) is 16.6 Å². The highest BCUT2D eigenvalue weighted by Gasteiger charge is 2.33. The number of nitrogens with one attached hydrogen (secondary N) is 1. The zero-order valence-corrected chi connectivity index (χ0v) is 24.4. The van der Waals surface area contributed by atoms with Crippen molar-refractivity contribution in [2.45, 2.75) is 33.1 Å². The fourth-order valence-electron chi connectivity index (χ4n) is 4.15. The van der Waals surface area contributed by atoms with Gasteiger partial charge in [0.05, 0.1) is 17.6 Å². The molecule has 0 saturated carbocycles. The van der Waals surface area contributed by atoms with E-state index in [-0.39, 0.29) is 29.2 Å². The van der Waals surface area contributed by atoms with Gasteiger partial charge in [-0.25, -0.2) is 24.4 Å². The van der Waals surface area contributed by atoms with Crippen molar-refractivity contribution < 1.29 is 27.5 Å². The van der Waals surface area contributed by atoms with Gasteiger partial charge in [-0.3, -0.25) is 15.0 Å². The van der Waals surface area contributed by atoms with Crippen molar-refractivity contribution in [3.05, 3.63) is 83.7 Å². The normalized spacial score (nSPS) is 14.7. The highest BCUT2D eigenvalue weighted by molar-refractivity contribution is 8.15. The Labute approximate surface area is 253 Å². The zero-order chi connectivity index (χ0) is 31.4. The summed E-state index contributed by atoms with van der Waals surface area (Å²) in [5.41, 5.74) is 3.38. The van der Waals surface area contributed by atoms with Gasteiger partial charge < -0.3 is 4.74 Å². The summed E-state index contributed by atoms with van der Waals surface area (Å²) in [5.74, 6) is 0.594. The first kappa shape index (κ1) is 30.4. The van der Waals surface area contributed by atoms with Crippen LogP contribution in [0.5, 0.6) is 5.75 Å². The highest BCUT2D eigenvalue weighted by atomic mass is 32.2. The lowest BCUT2D eigenvalue weighted by atomic mass is 9.99. The number of aromatic nitrogens is 5. The minimum Gasteiger partial charge on any atom is -0.404 e. The molecule has 0 radical (unpaired) electrons. The number of ether oxygens (including phenoxy) is 1. The summed E-state index contributed by atoms with van der Waals surface area (Å²) in [7, 11) is 0. The molecule has 5 rings (SSSR count). The number of amides is 3. The van der Waals surface area contributed by atoms with Crippen LogP contribution in [-0.4, -0.2) is 54.0 Å². The number of hydrogen-bond acceptors (Lipinski definition) is 8. The molecule has 226 valence electrons.